The predicted octanol–water partition coefficient (Wildman–Crippen LogP) is 0.202. The quantitative estimate of drug-likeness (QED) is 0.620. The van der Waals surface area contributed by atoms with Crippen LogP contribution in [-0.4, -0.2) is 42.2 Å². The van der Waals surface area contributed by atoms with Gasteiger partial charge in [-0.1, -0.05) is 6.92 Å². The monoisotopic (exact) mass is 202 g/mol. The molecule has 0 fully saturated rings. The number of nitrogens with two attached hydrogens (primary N) is 1. The van der Waals surface area contributed by atoms with Crippen molar-refractivity contribution in [2.24, 2.45) is 11.7 Å². The first kappa shape index (κ1) is 13.4. The van der Waals surface area contributed by atoms with Crippen LogP contribution in [0.3, 0.4) is 0 Å². The zero-order chi connectivity index (χ0) is 11.0. The number of carbonyl (C=O) groups is 1. The molecular formula is C10H22N2O2. The lowest BCUT2D eigenvalue weighted by Gasteiger charge is -2.24. The molecule has 0 aromatic heterocycles. The lowest BCUT2D eigenvalue weighted by Crippen LogP contribution is -2.39. The van der Waals surface area contributed by atoms with Gasteiger partial charge in [0.1, 0.15) is 0 Å². The number of nitrogens with zero attached hydrogens (tertiary/aromatic N) is 1. The van der Waals surface area contributed by atoms with Crippen LogP contribution in [-0.2, 0) is 4.79 Å². The molecule has 0 bridgehead atoms. The van der Waals surface area contributed by atoms with E-state index in [1.807, 2.05) is 13.8 Å². The number of hydrogen-bond acceptors (Lipinski definition) is 3. The SMILES string of the molecule is CCC(CN)C(=O)N(CC)CCCO. The molecule has 0 spiro atoms. The van der Waals surface area contributed by atoms with Gasteiger partial charge >= 0.3 is 0 Å². The molecule has 14 heavy (non-hydrogen) atoms. The fourth-order valence-corrected chi connectivity index (χ4v) is 1.39. The standard InChI is InChI=1S/C10H22N2O2/c1-3-9(8-11)10(14)12(4-2)6-5-7-13/h9,13H,3-8,11H2,1-2H3. The average molecular weight is 202 g/mol. The molecule has 0 aliphatic rings. The van der Waals surface area contributed by atoms with E-state index >= 15 is 0 Å². The molecule has 1 unspecified atom stereocenters. The number of amides is 1. The largest absolute Gasteiger partial charge is 0.396 e. The topological polar surface area (TPSA) is 66.6 Å². The Balaban J connectivity index is 4.13. The van der Waals surface area contributed by atoms with Crippen molar-refractivity contribution in [3.63, 3.8) is 0 Å². The van der Waals surface area contributed by atoms with Gasteiger partial charge in [0, 0.05) is 26.2 Å². The Hall–Kier alpha value is -0.610. The number of carbonyl (C=O) groups excluding carboxylic acids is 1. The first-order valence-electron chi connectivity index (χ1n) is 5.30. The molecule has 0 aromatic carbocycles. The first-order valence-corrected chi connectivity index (χ1v) is 5.30. The van der Waals surface area contributed by atoms with Gasteiger partial charge in [0.15, 0.2) is 0 Å². The van der Waals surface area contributed by atoms with E-state index in [1.165, 1.54) is 0 Å². The lowest BCUT2D eigenvalue weighted by atomic mass is 10.1. The average Bonchev–Trinajstić information content (AvgIpc) is 2.21. The molecular weight excluding hydrogens is 180 g/mol. The minimum absolute atomic E-state index is 0.0614. The highest BCUT2D eigenvalue weighted by Gasteiger charge is 2.19. The van der Waals surface area contributed by atoms with E-state index in [1.54, 1.807) is 4.90 Å². The van der Waals surface area contributed by atoms with Crippen LogP contribution in [0.4, 0.5) is 0 Å². The van der Waals surface area contributed by atoms with Crippen LogP contribution in [0, 0.1) is 5.92 Å². The number of aliphatic hydroxyl groups excluding tert-OH is 1. The van der Waals surface area contributed by atoms with Crippen LogP contribution < -0.4 is 5.73 Å². The van der Waals surface area contributed by atoms with Gasteiger partial charge in [-0.05, 0) is 19.8 Å². The van der Waals surface area contributed by atoms with E-state index in [9.17, 15) is 4.79 Å². The zero-order valence-corrected chi connectivity index (χ0v) is 9.20. The molecule has 0 saturated carbocycles. The van der Waals surface area contributed by atoms with Crippen molar-refractivity contribution in [2.75, 3.05) is 26.2 Å². The van der Waals surface area contributed by atoms with Crippen LogP contribution >= 0.6 is 0 Å². The number of hydrogen-bond donors (Lipinski definition) is 2. The van der Waals surface area contributed by atoms with E-state index < -0.39 is 0 Å². The van der Waals surface area contributed by atoms with Crippen molar-refractivity contribution in [1.82, 2.24) is 4.90 Å². The second-order valence-electron chi connectivity index (χ2n) is 3.34. The second-order valence-corrected chi connectivity index (χ2v) is 3.34. The summed E-state index contributed by atoms with van der Waals surface area (Å²) < 4.78 is 0. The Kier molecular flexibility index (Phi) is 7.42. The Morgan fingerprint density at radius 1 is 1.50 bits per heavy atom. The third kappa shape index (κ3) is 4.07. The first-order chi connectivity index (χ1) is 6.71. The van der Waals surface area contributed by atoms with Gasteiger partial charge in [-0.3, -0.25) is 4.79 Å². The summed E-state index contributed by atoms with van der Waals surface area (Å²) in [7, 11) is 0. The van der Waals surface area contributed by atoms with E-state index in [2.05, 4.69) is 0 Å². The summed E-state index contributed by atoms with van der Waals surface area (Å²) in [5, 5.41) is 8.68. The summed E-state index contributed by atoms with van der Waals surface area (Å²) in [6, 6.07) is 0. The molecule has 0 heterocycles. The van der Waals surface area contributed by atoms with Crippen molar-refractivity contribution in [3.8, 4) is 0 Å². The van der Waals surface area contributed by atoms with E-state index in [-0.39, 0.29) is 18.4 Å². The molecule has 4 heteroatoms. The van der Waals surface area contributed by atoms with Crippen molar-refractivity contribution >= 4 is 5.91 Å². The van der Waals surface area contributed by atoms with Gasteiger partial charge in [-0.2, -0.15) is 0 Å². The van der Waals surface area contributed by atoms with Crippen LogP contribution in [0.15, 0.2) is 0 Å². The van der Waals surface area contributed by atoms with Crippen LogP contribution in [0.1, 0.15) is 26.7 Å². The molecule has 1 atom stereocenters. The van der Waals surface area contributed by atoms with E-state index in [0.29, 0.717) is 26.1 Å². The Morgan fingerprint density at radius 3 is 2.50 bits per heavy atom. The third-order valence-electron chi connectivity index (χ3n) is 2.41. The molecule has 84 valence electrons. The molecule has 0 aliphatic heterocycles. The fourth-order valence-electron chi connectivity index (χ4n) is 1.39. The van der Waals surface area contributed by atoms with Crippen molar-refractivity contribution in [1.29, 1.82) is 0 Å². The minimum Gasteiger partial charge on any atom is -0.396 e. The summed E-state index contributed by atoms with van der Waals surface area (Å²) in [6.45, 7) is 5.76. The van der Waals surface area contributed by atoms with Gasteiger partial charge in [0.2, 0.25) is 5.91 Å². The fraction of sp³-hybridized carbons (Fsp3) is 0.900. The van der Waals surface area contributed by atoms with Gasteiger partial charge in [0.05, 0.1) is 5.92 Å². The molecule has 0 aromatic rings. The minimum atomic E-state index is -0.0614. The van der Waals surface area contributed by atoms with Crippen LogP contribution in [0.2, 0.25) is 0 Å². The second kappa shape index (κ2) is 7.76. The molecule has 0 rings (SSSR count). The summed E-state index contributed by atoms with van der Waals surface area (Å²) in [5.41, 5.74) is 5.51. The summed E-state index contributed by atoms with van der Waals surface area (Å²) >= 11 is 0. The van der Waals surface area contributed by atoms with Crippen molar-refractivity contribution in [2.45, 2.75) is 26.7 Å². The highest BCUT2D eigenvalue weighted by Crippen LogP contribution is 2.06. The summed E-state index contributed by atoms with van der Waals surface area (Å²) in [4.78, 5) is 13.6. The van der Waals surface area contributed by atoms with Crippen molar-refractivity contribution < 1.29 is 9.90 Å². The molecule has 0 radical (unpaired) electrons. The van der Waals surface area contributed by atoms with Gasteiger partial charge < -0.3 is 15.7 Å². The maximum absolute atomic E-state index is 11.8. The maximum Gasteiger partial charge on any atom is 0.226 e. The third-order valence-corrected chi connectivity index (χ3v) is 2.41. The Bertz CT molecular complexity index is 158. The molecule has 0 aliphatic carbocycles. The Morgan fingerprint density at radius 2 is 2.14 bits per heavy atom. The molecule has 4 nitrogen and oxygen atoms in total. The van der Waals surface area contributed by atoms with E-state index in [4.69, 9.17) is 10.8 Å². The van der Waals surface area contributed by atoms with Crippen molar-refractivity contribution in [3.05, 3.63) is 0 Å². The highest BCUT2D eigenvalue weighted by atomic mass is 16.3. The van der Waals surface area contributed by atoms with Gasteiger partial charge in [-0.15, -0.1) is 0 Å². The highest BCUT2D eigenvalue weighted by molar-refractivity contribution is 5.79. The summed E-state index contributed by atoms with van der Waals surface area (Å²) in [6.07, 6.45) is 1.42. The van der Waals surface area contributed by atoms with Crippen LogP contribution in [0.5, 0.6) is 0 Å². The maximum atomic E-state index is 11.8. The van der Waals surface area contributed by atoms with Gasteiger partial charge in [0.25, 0.3) is 0 Å². The van der Waals surface area contributed by atoms with E-state index in [0.717, 1.165) is 6.42 Å². The Labute approximate surface area is 86.1 Å². The normalized spacial score (nSPS) is 12.6. The molecule has 1 amide bonds. The van der Waals surface area contributed by atoms with Gasteiger partial charge in [-0.25, -0.2) is 0 Å². The number of aliphatic hydroxyl groups is 1. The number of rotatable bonds is 7. The molecule has 3 N–H and O–H groups in total. The molecule has 0 saturated heterocycles. The predicted molar refractivity (Wildman–Crippen MR) is 56.8 cm³/mol. The smallest absolute Gasteiger partial charge is 0.226 e. The lowest BCUT2D eigenvalue weighted by molar-refractivity contribution is -0.135. The summed E-state index contributed by atoms with van der Waals surface area (Å²) in [5.74, 6) is 0.0552. The van der Waals surface area contributed by atoms with Crippen LogP contribution in [0.25, 0.3) is 0 Å². The zero-order valence-electron chi connectivity index (χ0n) is 9.20.